The Hall–Kier alpha value is -0.910. The van der Waals surface area contributed by atoms with E-state index in [0.717, 1.165) is 32.7 Å². The number of nitrogens with one attached hydrogen (secondary N) is 2. The fourth-order valence-corrected chi connectivity index (χ4v) is 2.11. The molecule has 2 heterocycles. The van der Waals surface area contributed by atoms with E-state index in [1.54, 1.807) is 0 Å². The van der Waals surface area contributed by atoms with Crippen LogP contribution in [-0.4, -0.2) is 40.6 Å². The largest absolute Gasteiger partial charge is 0.391 e. The van der Waals surface area contributed by atoms with E-state index in [1.165, 1.54) is 5.69 Å². The van der Waals surface area contributed by atoms with Crippen LogP contribution in [0.3, 0.4) is 0 Å². The van der Waals surface area contributed by atoms with Crippen molar-refractivity contribution in [3.8, 4) is 0 Å². The number of nitrogens with zero attached hydrogens (tertiary/aromatic N) is 2. The van der Waals surface area contributed by atoms with E-state index >= 15 is 0 Å². The molecule has 0 aliphatic carbocycles. The van der Waals surface area contributed by atoms with Gasteiger partial charge in [-0.25, -0.2) is 0 Å². The molecule has 5 heteroatoms. The van der Waals surface area contributed by atoms with Gasteiger partial charge in [-0.1, -0.05) is 0 Å². The lowest BCUT2D eigenvalue weighted by molar-refractivity contribution is 0.146. The maximum absolute atomic E-state index is 9.63. The molecule has 0 spiro atoms. The molecule has 0 aromatic carbocycles. The molecule has 1 aliphatic rings. The van der Waals surface area contributed by atoms with E-state index in [1.807, 2.05) is 16.9 Å². The highest BCUT2D eigenvalue weighted by atomic mass is 16.3. The van der Waals surface area contributed by atoms with Crippen LogP contribution in [0, 0.1) is 5.92 Å². The summed E-state index contributed by atoms with van der Waals surface area (Å²) in [5, 5.41) is 20.4. The van der Waals surface area contributed by atoms with Gasteiger partial charge in [-0.2, -0.15) is 5.10 Å². The zero-order chi connectivity index (χ0) is 11.4. The van der Waals surface area contributed by atoms with Gasteiger partial charge in [0.25, 0.3) is 0 Å². The zero-order valence-corrected chi connectivity index (χ0v) is 9.69. The lowest BCUT2D eigenvalue weighted by Gasteiger charge is -2.14. The topological polar surface area (TPSA) is 62.1 Å². The third kappa shape index (κ3) is 2.61. The Labute approximate surface area is 95.8 Å². The normalized spacial score (nSPS) is 25.1. The van der Waals surface area contributed by atoms with Gasteiger partial charge in [0.2, 0.25) is 0 Å². The highest BCUT2D eigenvalue weighted by Gasteiger charge is 2.24. The molecule has 16 heavy (non-hydrogen) atoms. The molecule has 90 valence electrons. The average molecular weight is 224 g/mol. The number of aryl methyl sites for hydroxylation is 1. The van der Waals surface area contributed by atoms with Crippen LogP contribution in [-0.2, 0) is 13.1 Å². The van der Waals surface area contributed by atoms with Crippen LogP contribution in [0.4, 0.5) is 0 Å². The van der Waals surface area contributed by atoms with Gasteiger partial charge < -0.3 is 15.7 Å². The monoisotopic (exact) mass is 224 g/mol. The van der Waals surface area contributed by atoms with Crippen molar-refractivity contribution in [2.24, 2.45) is 5.92 Å². The molecular weight excluding hydrogens is 204 g/mol. The van der Waals surface area contributed by atoms with Crippen molar-refractivity contribution >= 4 is 0 Å². The number of aromatic nitrogens is 2. The number of aliphatic hydroxyl groups is 1. The maximum Gasteiger partial charge on any atom is 0.0716 e. The number of β-amino-alcohol motifs (C(OH)–C–C–N with tert-alkyl or cyclic N) is 1. The highest BCUT2D eigenvalue weighted by Crippen LogP contribution is 2.07. The highest BCUT2D eigenvalue weighted by molar-refractivity contribution is 5.00. The summed E-state index contributed by atoms with van der Waals surface area (Å²) >= 11 is 0. The first-order chi connectivity index (χ1) is 7.81. The summed E-state index contributed by atoms with van der Waals surface area (Å²) in [6.07, 6.45) is 1.62. The zero-order valence-electron chi connectivity index (χ0n) is 9.69. The van der Waals surface area contributed by atoms with Crippen molar-refractivity contribution in [3.05, 3.63) is 18.0 Å². The summed E-state index contributed by atoms with van der Waals surface area (Å²) in [5.74, 6) is 0.331. The summed E-state index contributed by atoms with van der Waals surface area (Å²) in [6, 6.07) is 2.03. The Bertz CT molecular complexity index is 326. The number of hydrogen-bond acceptors (Lipinski definition) is 4. The van der Waals surface area contributed by atoms with Crippen molar-refractivity contribution in [3.63, 3.8) is 0 Å². The van der Waals surface area contributed by atoms with Crippen LogP contribution in [0.2, 0.25) is 0 Å². The molecule has 0 bridgehead atoms. The minimum absolute atomic E-state index is 0.205. The second-order valence-corrected chi connectivity index (χ2v) is 4.25. The van der Waals surface area contributed by atoms with Gasteiger partial charge in [0.05, 0.1) is 11.8 Å². The third-order valence-electron chi connectivity index (χ3n) is 3.12. The Morgan fingerprint density at radius 1 is 1.62 bits per heavy atom. The molecule has 1 aromatic heterocycles. The molecule has 2 atom stereocenters. The van der Waals surface area contributed by atoms with Crippen LogP contribution >= 0.6 is 0 Å². The van der Waals surface area contributed by atoms with Crippen LogP contribution < -0.4 is 10.6 Å². The van der Waals surface area contributed by atoms with E-state index in [-0.39, 0.29) is 6.10 Å². The Kier molecular flexibility index (Phi) is 3.93. The van der Waals surface area contributed by atoms with Crippen molar-refractivity contribution in [2.75, 3.05) is 19.6 Å². The van der Waals surface area contributed by atoms with Gasteiger partial charge >= 0.3 is 0 Å². The SMILES string of the molecule is CCn1nccc1CNCC1CNCC1O. The van der Waals surface area contributed by atoms with E-state index in [4.69, 9.17) is 0 Å². The number of rotatable bonds is 5. The van der Waals surface area contributed by atoms with Crippen molar-refractivity contribution in [2.45, 2.75) is 26.1 Å². The lowest BCUT2D eigenvalue weighted by Crippen LogP contribution is -2.30. The van der Waals surface area contributed by atoms with Gasteiger partial charge in [-0.05, 0) is 13.0 Å². The molecule has 1 aromatic rings. The second kappa shape index (κ2) is 5.43. The van der Waals surface area contributed by atoms with Gasteiger partial charge in [0.1, 0.15) is 0 Å². The van der Waals surface area contributed by atoms with Crippen LogP contribution in [0.15, 0.2) is 12.3 Å². The molecule has 1 fully saturated rings. The fraction of sp³-hybridized carbons (Fsp3) is 0.727. The molecule has 0 radical (unpaired) electrons. The standard InChI is InChI=1S/C11H20N4O/c1-2-15-10(3-4-14-15)7-12-5-9-6-13-8-11(9)16/h3-4,9,11-13,16H,2,5-8H2,1H3. The summed E-state index contributed by atoms with van der Waals surface area (Å²) in [4.78, 5) is 0. The first-order valence-electron chi connectivity index (χ1n) is 5.91. The minimum atomic E-state index is -0.205. The van der Waals surface area contributed by atoms with E-state index in [9.17, 15) is 5.11 Å². The predicted molar refractivity (Wildman–Crippen MR) is 62.0 cm³/mol. The van der Waals surface area contributed by atoms with Crippen LogP contribution in [0.25, 0.3) is 0 Å². The summed E-state index contributed by atoms with van der Waals surface area (Å²) in [6.45, 7) is 6.28. The molecule has 2 rings (SSSR count). The molecule has 5 nitrogen and oxygen atoms in total. The molecule has 0 saturated carbocycles. The van der Waals surface area contributed by atoms with E-state index in [0.29, 0.717) is 5.92 Å². The molecule has 1 aliphatic heterocycles. The predicted octanol–water partition coefficient (Wildman–Crippen LogP) is -0.427. The lowest BCUT2D eigenvalue weighted by atomic mass is 10.1. The van der Waals surface area contributed by atoms with Crippen LogP contribution in [0.1, 0.15) is 12.6 Å². The first-order valence-corrected chi connectivity index (χ1v) is 5.91. The molecule has 3 N–H and O–H groups in total. The van der Waals surface area contributed by atoms with Gasteiger partial charge in [0.15, 0.2) is 0 Å². The number of aliphatic hydroxyl groups excluding tert-OH is 1. The smallest absolute Gasteiger partial charge is 0.0716 e. The van der Waals surface area contributed by atoms with Gasteiger partial charge in [0, 0.05) is 44.8 Å². The summed E-state index contributed by atoms with van der Waals surface area (Å²) in [7, 11) is 0. The first kappa shape index (κ1) is 11.6. The molecule has 1 saturated heterocycles. The van der Waals surface area contributed by atoms with E-state index in [2.05, 4.69) is 22.7 Å². The molecule has 2 unspecified atom stereocenters. The number of hydrogen-bond donors (Lipinski definition) is 3. The average Bonchev–Trinajstić information content (AvgIpc) is 2.88. The fourth-order valence-electron chi connectivity index (χ4n) is 2.11. The van der Waals surface area contributed by atoms with Crippen LogP contribution in [0.5, 0.6) is 0 Å². The van der Waals surface area contributed by atoms with Crippen molar-refractivity contribution in [1.82, 2.24) is 20.4 Å². The molecule has 0 amide bonds. The Balaban J connectivity index is 1.75. The van der Waals surface area contributed by atoms with Crippen molar-refractivity contribution in [1.29, 1.82) is 0 Å². The van der Waals surface area contributed by atoms with E-state index < -0.39 is 0 Å². The quantitative estimate of drug-likeness (QED) is 0.635. The van der Waals surface area contributed by atoms with Gasteiger partial charge in [-0.15, -0.1) is 0 Å². The Morgan fingerprint density at radius 2 is 2.50 bits per heavy atom. The summed E-state index contributed by atoms with van der Waals surface area (Å²) < 4.78 is 1.98. The molecular formula is C11H20N4O. The Morgan fingerprint density at radius 3 is 3.19 bits per heavy atom. The summed E-state index contributed by atoms with van der Waals surface area (Å²) in [5.41, 5.74) is 1.20. The third-order valence-corrected chi connectivity index (χ3v) is 3.12. The maximum atomic E-state index is 9.63. The van der Waals surface area contributed by atoms with Gasteiger partial charge in [-0.3, -0.25) is 4.68 Å². The van der Waals surface area contributed by atoms with Crippen molar-refractivity contribution < 1.29 is 5.11 Å². The minimum Gasteiger partial charge on any atom is -0.391 e. The second-order valence-electron chi connectivity index (χ2n) is 4.25.